The van der Waals surface area contributed by atoms with E-state index in [1.54, 1.807) is 7.11 Å². The summed E-state index contributed by atoms with van der Waals surface area (Å²) in [5.74, 6) is 2.37. The zero-order valence-electron chi connectivity index (χ0n) is 15.6. The van der Waals surface area contributed by atoms with Crippen LogP contribution in [0.4, 0.5) is 0 Å². The molecular formula is C20H31NO4. The molecule has 3 unspecified atom stereocenters. The highest BCUT2D eigenvalue weighted by Crippen LogP contribution is 2.43. The van der Waals surface area contributed by atoms with E-state index in [4.69, 9.17) is 14.6 Å². The Kier molecular flexibility index (Phi) is 5.87. The molecule has 1 saturated heterocycles. The maximum absolute atomic E-state index is 10.7. The predicted molar refractivity (Wildman–Crippen MR) is 97.2 cm³/mol. The van der Waals surface area contributed by atoms with Gasteiger partial charge in [-0.05, 0) is 54.4 Å². The van der Waals surface area contributed by atoms with E-state index < -0.39 is 0 Å². The largest absolute Gasteiger partial charge is 0.493 e. The number of hydrogen-bond donors (Lipinski definition) is 2. The maximum atomic E-state index is 10.7. The molecule has 1 aromatic carbocycles. The second-order valence-corrected chi connectivity index (χ2v) is 7.73. The fourth-order valence-corrected chi connectivity index (χ4v) is 4.36. The third-order valence-corrected chi connectivity index (χ3v) is 5.49. The van der Waals surface area contributed by atoms with Crippen LogP contribution in [-0.4, -0.2) is 54.6 Å². The van der Waals surface area contributed by atoms with Crippen molar-refractivity contribution in [1.82, 2.24) is 4.90 Å². The van der Waals surface area contributed by atoms with Crippen LogP contribution in [-0.2, 0) is 6.42 Å². The Morgan fingerprint density at radius 2 is 2.08 bits per heavy atom. The number of ether oxygens (including phenoxy) is 2. The number of benzene rings is 1. The van der Waals surface area contributed by atoms with Gasteiger partial charge in [-0.25, -0.2) is 0 Å². The highest BCUT2D eigenvalue weighted by molar-refractivity contribution is 5.49. The summed E-state index contributed by atoms with van der Waals surface area (Å²) < 4.78 is 11.1. The zero-order chi connectivity index (χ0) is 18.0. The van der Waals surface area contributed by atoms with Crippen molar-refractivity contribution in [2.24, 2.45) is 11.8 Å². The molecule has 2 aliphatic heterocycles. The van der Waals surface area contributed by atoms with Crippen LogP contribution in [0.1, 0.15) is 43.9 Å². The summed E-state index contributed by atoms with van der Waals surface area (Å²) in [6.07, 6.45) is 2.60. The number of aliphatic hydroxyl groups excluding tert-OH is 2. The number of piperidine rings is 1. The Hall–Kier alpha value is -1.30. The summed E-state index contributed by atoms with van der Waals surface area (Å²) >= 11 is 0. The van der Waals surface area contributed by atoms with Crippen molar-refractivity contribution in [1.29, 1.82) is 0 Å². The fraction of sp³-hybridized carbons (Fsp3) is 0.700. The van der Waals surface area contributed by atoms with E-state index in [0.29, 0.717) is 23.3 Å². The van der Waals surface area contributed by atoms with Crippen LogP contribution in [0, 0.1) is 11.8 Å². The average molecular weight is 349 g/mol. The summed E-state index contributed by atoms with van der Waals surface area (Å²) in [5.41, 5.74) is 2.52. The van der Waals surface area contributed by atoms with E-state index in [9.17, 15) is 5.11 Å². The second-order valence-electron chi connectivity index (χ2n) is 7.73. The molecule has 2 heterocycles. The summed E-state index contributed by atoms with van der Waals surface area (Å²) in [6.45, 7) is 6.69. The molecule has 3 rings (SSSR count). The molecule has 1 aromatic rings. The predicted octanol–water partition coefficient (Wildman–Crippen LogP) is 2.39. The molecule has 0 aromatic heterocycles. The molecular weight excluding hydrogens is 318 g/mol. The van der Waals surface area contributed by atoms with Crippen molar-refractivity contribution < 1.29 is 19.7 Å². The summed E-state index contributed by atoms with van der Waals surface area (Å²) in [4.78, 5) is 2.52. The molecule has 5 heteroatoms. The van der Waals surface area contributed by atoms with Gasteiger partial charge in [-0.15, -0.1) is 0 Å². The van der Waals surface area contributed by atoms with Gasteiger partial charge in [-0.3, -0.25) is 4.90 Å². The highest BCUT2D eigenvalue weighted by atomic mass is 16.5. The number of methoxy groups -OCH3 is 1. The van der Waals surface area contributed by atoms with Crippen molar-refractivity contribution in [2.75, 3.05) is 33.4 Å². The Morgan fingerprint density at radius 3 is 2.76 bits per heavy atom. The van der Waals surface area contributed by atoms with E-state index >= 15 is 0 Å². The molecule has 5 nitrogen and oxygen atoms in total. The minimum atomic E-state index is -0.245. The molecule has 2 N–H and O–H groups in total. The first kappa shape index (κ1) is 18.5. The van der Waals surface area contributed by atoms with E-state index in [-0.39, 0.29) is 25.4 Å². The molecule has 0 spiro atoms. The summed E-state index contributed by atoms with van der Waals surface area (Å²) in [6, 6.07) is 4.37. The van der Waals surface area contributed by atoms with Gasteiger partial charge >= 0.3 is 0 Å². The van der Waals surface area contributed by atoms with Crippen LogP contribution >= 0.6 is 0 Å². The van der Waals surface area contributed by atoms with Gasteiger partial charge in [0.05, 0.1) is 19.8 Å². The normalized spacial score (nSPS) is 26.2. The van der Waals surface area contributed by atoms with Crippen molar-refractivity contribution >= 4 is 0 Å². The van der Waals surface area contributed by atoms with E-state index in [0.717, 1.165) is 32.4 Å². The average Bonchev–Trinajstić information content (AvgIpc) is 2.59. The zero-order valence-corrected chi connectivity index (χ0v) is 15.6. The molecule has 2 aliphatic rings. The first-order chi connectivity index (χ1) is 12.0. The molecule has 1 fully saturated rings. The lowest BCUT2D eigenvalue weighted by atomic mass is 9.79. The molecule has 0 aliphatic carbocycles. The smallest absolute Gasteiger partial charge is 0.161 e. The standard InChI is InChI=1S/C20H31NO4/c1-13(2)8-15-12-21-5-4-14-9-20(25-7-6-22)19(24-3)10-16(14)17(21)11-18(15)23/h9-10,13,15,17-18,22-23H,4-8,11-12H2,1-3H3. The van der Waals surface area contributed by atoms with E-state index in [1.165, 1.54) is 11.1 Å². The van der Waals surface area contributed by atoms with E-state index in [2.05, 4.69) is 24.8 Å². The minimum absolute atomic E-state index is 0.0138. The number of rotatable bonds is 6. The van der Waals surface area contributed by atoms with Crippen LogP contribution in [0.25, 0.3) is 0 Å². The Balaban J connectivity index is 1.84. The summed E-state index contributed by atoms with van der Waals surface area (Å²) in [5, 5.41) is 19.7. The fourth-order valence-electron chi connectivity index (χ4n) is 4.36. The van der Waals surface area contributed by atoms with Crippen molar-refractivity contribution in [3.63, 3.8) is 0 Å². The van der Waals surface area contributed by atoms with Gasteiger partial charge in [0.1, 0.15) is 6.61 Å². The van der Waals surface area contributed by atoms with Gasteiger partial charge in [0.15, 0.2) is 11.5 Å². The SMILES string of the molecule is COc1cc2c(cc1OCCO)CCN1CC(CC(C)C)C(O)CC21. The van der Waals surface area contributed by atoms with Crippen LogP contribution in [0.15, 0.2) is 12.1 Å². The number of nitrogens with zero attached hydrogens (tertiary/aromatic N) is 1. The van der Waals surface area contributed by atoms with Crippen LogP contribution in [0.2, 0.25) is 0 Å². The third-order valence-electron chi connectivity index (χ3n) is 5.49. The second kappa shape index (κ2) is 7.94. The molecule has 3 atom stereocenters. The monoisotopic (exact) mass is 349 g/mol. The number of hydrogen-bond acceptors (Lipinski definition) is 5. The van der Waals surface area contributed by atoms with Crippen molar-refractivity contribution in [3.05, 3.63) is 23.3 Å². The summed E-state index contributed by atoms with van der Waals surface area (Å²) in [7, 11) is 1.64. The molecule has 0 bridgehead atoms. The quantitative estimate of drug-likeness (QED) is 0.826. The van der Waals surface area contributed by atoms with E-state index in [1.807, 2.05) is 6.07 Å². The Morgan fingerprint density at radius 1 is 1.28 bits per heavy atom. The van der Waals surface area contributed by atoms with Crippen molar-refractivity contribution in [3.8, 4) is 11.5 Å². The minimum Gasteiger partial charge on any atom is -0.493 e. The van der Waals surface area contributed by atoms with Gasteiger partial charge in [0.25, 0.3) is 0 Å². The lowest BCUT2D eigenvalue weighted by molar-refractivity contribution is -0.0191. The number of fused-ring (bicyclic) bond motifs is 3. The van der Waals surface area contributed by atoms with Gasteiger partial charge in [0, 0.05) is 19.1 Å². The van der Waals surface area contributed by atoms with Gasteiger partial charge in [-0.2, -0.15) is 0 Å². The van der Waals surface area contributed by atoms with Gasteiger partial charge in [0.2, 0.25) is 0 Å². The Labute approximate surface area is 150 Å². The van der Waals surface area contributed by atoms with Crippen LogP contribution in [0.5, 0.6) is 11.5 Å². The molecule has 25 heavy (non-hydrogen) atoms. The highest BCUT2D eigenvalue weighted by Gasteiger charge is 2.38. The molecule has 0 radical (unpaired) electrons. The third kappa shape index (κ3) is 3.94. The van der Waals surface area contributed by atoms with Crippen molar-refractivity contribution in [2.45, 2.75) is 45.3 Å². The van der Waals surface area contributed by atoms with Crippen LogP contribution < -0.4 is 9.47 Å². The molecule has 0 amide bonds. The molecule has 0 saturated carbocycles. The lowest BCUT2D eigenvalue weighted by Crippen LogP contribution is -2.48. The first-order valence-electron chi connectivity index (χ1n) is 9.40. The maximum Gasteiger partial charge on any atom is 0.161 e. The van der Waals surface area contributed by atoms with Gasteiger partial charge < -0.3 is 19.7 Å². The lowest BCUT2D eigenvalue weighted by Gasteiger charge is -2.46. The first-order valence-corrected chi connectivity index (χ1v) is 9.40. The topological polar surface area (TPSA) is 62.2 Å². The van der Waals surface area contributed by atoms with Gasteiger partial charge in [-0.1, -0.05) is 13.8 Å². The Bertz CT molecular complexity index is 589. The van der Waals surface area contributed by atoms with Crippen LogP contribution in [0.3, 0.4) is 0 Å². The molecule has 140 valence electrons. The number of aliphatic hydroxyl groups is 2.